The Morgan fingerprint density at radius 1 is 1.14 bits per heavy atom. The number of nitrogens with one attached hydrogen (secondary N) is 1. The predicted octanol–water partition coefficient (Wildman–Crippen LogP) is 4.67. The molecule has 0 spiro atoms. The molecule has 37 heavy (non-hydrogen) atoms. The highest BCUT2D eigenvalue weighted by Crippen LogP contribution is 2.43. The average Bonchev–Trinajstić information content (AvgIpc) is 2.83. The third-order valence-electron chi connectivity index (χ3n) is 5.43. The number of nitrogens with zero attached hydrogens (tertiary/aromatic N) is 1. The number of carbonyl (C=O) groups is 2. The molecular formula is C25H34F2N2O8. The normalized spacial score (nSPS) is 14.9. The van der Waals surface area contributed by atoms with Gasteiger partial charge in [-0.25, -0.2) is 9.18 Å². The molecule has 12 heteroatoms. The van der Waals surface area contributed by atoms with Crippen LogP contribution in [0.15, 0.2) is 34.8 Å². The fourth-order valence-electron chi connectivity index (χ4n) is 3.74. The van der Waals surface area contributed by atoms with Crippen molar-refractivity contribution in [3.8, 4) is 5.75 Å². The van der Waals surface area contributed by atoms with Crippen LogP contribution >= 0.6 is 0 Å². The molecule has 0 radical (unpaired) electrons. The Morgan fingerprint density at radius 2 is 1.81 bits per heavy atom. The molecule has 1 aliphatic heterocycles. The van der Waals surface area contributed by atoms with E-state index in [1.807, 2.05) is 6.92 Å². The van der Waals surface area contributed by atoms with Crippen LogP contribution in [0.4, 0.5) is 8.78 Å². The lowest BCUT2D eigenvalue weighted by Gasteiger charge is -2.26. The number of carboxylic acids is 1. The maximum Gasteiger partial charge on any atom is 0.334 e. The standard InChI is InChI=1S/C15H14F2N2O5.C10H20O3/c1-6-10(15(20)21)11(13(19(22)23)7(2)18-6)8-4-5-9(16)12(17)14(8)24-3;1-3-5-6-7-10(11)13-9-8-12-4-2/h4-5,11,18H,1-3H3,(H,20,21);3-9H2,1-2H3. The quantitative estimate of drug-likeness (QED) is 0.171. The lowest BCUT2D eigenvalue weighted by molar-refractivity contribution is -0.431. The van der Waals surface area contributed by atoms with E-state index in [1.165, 1.54) is 13.8 Å². The molecule has 2 N–H and O–H groups in total. The Kier molecular flexibility index (Phi) is 13.2. The van der Waals surface area contributed by atoms with Crippen molar-refractivity contribution < 1.29 is 42.6 Å². The van der Waals surface area contributed by atoms with E-state index in [0.717, 1.165) is 38.5 Å². The summed E-state index contributed by atoms with van der Waals surface area (Å²) in [7, 11) is 1.07. The van der Waals surface area contributed by atoms with Gasteiger partial charge in [0.05, 0.1) is 29.9 Å². The van der Waals surface area contributed by atoms with Gasteiger partial charge in [-0.2, -0.15) is 4.39 Å². The van der Waals surface area contributed by atoms with Crippen LogP contribution in [0.1, 0.15) is 64.9 Å². The van der Waals surface area contributed by atoms with Gasteiger partial charge >= 0.3 is 11.9 Å². The molecule has 0 fully saturated rings. The Bertz CT molecular complexity index is 1000. The van der Waals surface area contributed by atoms with Gasteiger partial charge in [0, 0.05) is 24.3 Å². The van der Waals surface area contributed by atoms with Gasteiger partial charge in [0.15, 0.2) is 11.6 Å². The van der Waals surface area contributed by atoms with Crippen molar-refractivity contribution in [2.24, 2.45) is 0 Å². The first-order valence-electron chi connectivity index (χ1n) is 11.8. The highest BCUT2D eigenvalue weighted by Gasteiger charge is 2.42. The zero-order valence-corrected chi connectivity index (χ0v) is 21.7. The number of ether oxygens (including phenoxy) is 3. The number of carbonyl (C=O) groups excluding carboxylic acids is 1. The molecule has 1 aromatic carbocycles. The van der Waals surface area contributed by atoms with E-state index >= 15 is 0 Å². The van der Waals surface area contributed by atoms with Crippen LogP contribution in [0, 0.1) is 21.7 Å². The fourth-order valence-corrected chi connectivity index (χ4v) is 3.74. The molecular weight excluding hydrogens is 494 g/mol. The van der Waals surface area contributed by atoms with Gasteiger partial charge < -0.3 is 24.6 Å². The molecule has 0 amide bonds. The minimum absolute atomic E-state index is 0.104. The van der Waals surface area contributed by atoms with Crippen molar-refractivity contribution >= 4 is 11.9 Å². The van der Waals surface area contributed by atoms with Gasteiger partial charge in [-0.05, 0) is 33.3 Å². The van der Waals surface area contributed by atoms with Crippen LogP contribution in [0.3, 0.4) is 0 Å². The number of nitro groups is 1. The zero-order valence-electron chi connectivity index (χ0n) is 21.7. The van der Waals surface area contributed by atoms with Crippen LogP contribution in [-0.2, 0) is 19.1 Å². The number of aliphatic carboxylic acids is 1. The van der Waals surface area contributed by atoms with Crippen LogP contribution in [0.25, 0.3) is 0 Å². The minimum Gasteiger partial charge on any atom is -0.493 e. The third-order valence-corrected chi connectivity index (χ3v) is 5.43. The summed E-state index contributed by atoms with van der Waals surface area (Å²) in [5.41, 5.74) is -0.665. The molecule has 1 atom stereocenters. The van der Waals surface area contributed by atoms with E-state index in [4.69, 9.17) is 14.2 Å². The van der Waals surface area contributed by atoms with Gasteiger partial charge in [-0.1, -0.05) is 25.8 Å². The molecule has 1 aromatic rings. The summed E-state index contributed by atoms with van der Waals surface area (Å²) in [4.78, 5) is 33.3. The molecule has 0 aliphatic carbocycles. The van der Waals surface area contributed by atoms with Crippen molar-refractivity contribution in [3.63, 3.8) is 0 Å². The summed E-state index contributed by atoms with van der Waals surface area (Å²) in [6.07, 6.45) is 3.71. The lowest BCUT2D eigenvalue weighted by atomic mass is 9.83. The average molecular weight is 529 g/mol. The predicted molar refractivity (Wildman–Crippen MR) is 130 cm³/mol. The summed E-state index contributed by atoms with van der Waals surface area (Å²) >= 11 is 0. The second-order valence-corrected chi connectivity index (χ2v) is 8.03. The van der Waals surface area contributed by atoms with Crippen LogP contribution in [0.2, 0.25) is 0 Å². The smallest absolute Gasteiger partial charge is 0.334 e. The van der Waals surface area contributed by atoms with E-state index in [0.29, 0.717) is 26.2 Å². The number of esters is 1. The second kappa shape index (κ2) is 15.5. The first-order valence-corrected chi connectivity index (χ1v) is 11.8. The van der Waals surface area contributed by atoms with E-state index < -0.39 is 39.9 Å². The molecule has 10 nitrogen and oxygen atoms in total. The number of hydrogen-bond acceptors (Lipinski definition) is 8. The minimum atomic E-state index is -1.41. The highest BCUT2D eigenvalue weighted by atomic mass is 19.2. The largest absolute Gasteiger partial charge is 0.493 e. The number of carboxylic acid groups (broad SMARTS) is 1. The van der Waals surface area contributed by atoms with Crippen molar-refractivity contribution in [2.75, 3.05) is 26.9 Å². The number of dihydropyridines is 1. The SMILES string of the molecule is CCCCCC(=O)OCCOCC.COc1c(C2C(C(=O)O)=C(C)NC(C)=C2[N+](=O)[O-])ccc(F)c1F. The molecule has 0 saturated carbocycles. The maximum absolute atomic E-state index is 14.0. The van der Waals surface area contributed by atoms with Crippen LogP contribution in [0.5, 0.6) is 5.75 Å². The Morgan fingerprint density at radius 3 is 2.35 bits per heavy atom. The summed E-state index contributed by atoms with van der Waals surface area (Å²) in [5, 5.41) is 23.6. The molecule has 1 aliphatic rings. The fraction of sp³-hybridized carbons (Fsp3) is 0.520. The van der Waals surface area contributed by atoms with Crippen LogP contribution < -0.4 is 10.1 Å². The highest BCUT2D eigenvalue weighted by molar-refractivity contribution is 5.91. The van der Waals surface area contributed by atoms with Gasteiger partial charge in [-0.15, -0.1) is 0 Å². The van der Waals surface area contributed by atoms with Gasteiger partial charge in [-0.3, -0.25) is 14.9 Å². The summed E-state index contributed by atoms with van der Waals surface area (Å²) in [6, 6.07) is 1.86. The third kappa shape index (κ3) is 8.81. The van der Waals surface area contributed by atoms with Crippen molar-refractivity contribution in [3.05, 3.63) is 62.1 Å². The molecule has 1 unspecified atom stereocenters. The van der Waals surface area contributed by atoms with Crippen molar-refractivity contribution in [1.82, 2.24) is 5.32 Å². The topological polar surface area (TPSA) is 137 Å². The number of methoxy groups -OCH3 is 1. The Hall–Kier alpha value is -3.54. The van der Waals surface area contributed by atoms with Gasteiger partial charge in [0.1, 0.15) is 12.5 Å². The molecule has 1 heterocycles. The first kappa shape index (κ1) is 31.5. The monoisotopic (exact) mass is 528 g/mol. The zero-order chi connectivity index (χ0) is 28.1. The summed E-state index contributed by atoms with van der Waals surface area (Å²) < 4.78 is 42.2. The molecule has 206 valence electrons. The Balaban J connectivity index is 0.000000448. The number of hydrogen-bond donors (Lipinski definition) is 2. The van der Waals surface area contributed by atoms with E-state index in [9.17, 15) is 33.6 Å². The first-order chi connectivity index (χ1) is 17.5. The number of benzene rings is 1. The van der Waals surface area contributed by atoms with Crippen molar-refractivity contribution in [2.45, 2.75) is 59.3 Å². The van der Waals surface area contributed by atoms with E-state index in [2.05, 4.69) is 12.2 Å². The Labute approximate surface area is 214 Å². The van der Waals surface area contributed by atoms with Crippen molar-refractivity contribution in [1.29, 1.82) is 0 Å². The molecule has 2 rings (SSSR count). The number of rotatable bonds is 12. The number of allylic oxidation sites excluding steroid dienone is 3. The second-order valence-electron chi connectivity index (χ2n) is 8.03. The van der Waals surface area contributed by atoms with Crippen LogP contribution in [-0.4, -0.2) is 48.9 Å². The maximum atomic E-state index is 14.0. The summed E-state index contributed by atoms with van der Waals surface area (Å²) in [6.45, 7) is 8.44. The van der Waals surface area contributed by atoms with E-state index in [-0.39, 0.29) is 28.5 Å². The van der Waals surface area contributed by atoms with E-state index in [1.54, 1.807) is 0 Å². The molecule has 0 aromatic heterocycles. The lowest BCUT2D eigenvalue weighted by Crippen LogP contribution is -2.31. The molecule has 0 bridgehead atoms. The van der Waals surface area contributed by atoms with Gasteiger partial charge in [0.25, 0.3) is 5.70 Å². The number of unbranched alkanes of at least 4 members (excludes halogenated alkanes) is 2. The summed E-state index contributed by atoms with van der Waals surface area (Å²) in [5.74, 6) is -6.04. The molecule has 0 saturated heterocycles. The number of halogens is 2. The van der Waals surface area contributed by atoms with Gasteiger partial charge in [0.2, 0.25) is 5.82 Å².